The fraction of sp³-hybridized carbons (Fsp3) is 0.458. The fourth-order valence-corrected chi connectivity index (χ4v) is 4.74. The topological polar surface area (TPSA) is 75.7 Å². The van der Waals surface area contributed by atoms with Gasteiger partial charge in [0.15, 0.2) is 0 Å². The summed E-state index contributed by atoms with van der Waals surface area (Å²) >= 11 is 0. The zero-order valence-electron chi connectivity index (χ0n) is 19.5. The summed E-state index contributed by atoms with van der Waals surface area (Å²) < 4.78 is 32.0. The van der Waals surface area contributed by atoms with Gasteiger partial charge >= 0.3 is 0 Å². The molecule has 0 radical (unpaired) electrons. The summed E-state index contributed by atoms with van der Waals surface area (Å²) in [5.74, 6) is 0.405. The van der Waals surface area contributed by atoms with E-state index >= 15 is 0 Å². The molecule has 1 unspecified atom stereocenters. The average molecular weight is 447 g/mol. The lowest BCUT2D eigenvalue weighted by atomic mass is 9.86. The first-order chi connectivity index (χ1) is 14.3. The van der Waals surface area contributed by atoms with Crippen molar-refractivity contribution in [2.75, 3.05) is 23.7 Å². The first-order valence-corrected chi connectivity index (χ1v) is 12.2. The zero-order chi connectivity index (χ0) is 23.4. The van der Waals surface area contributed by atoms with E-state index in [1.807, 2.05) is 44.2 Å². The number of aryl methyl sites for hydroxylation is 2. The van der Waals surface area contributed by atoms with E-state index in [9.17, 15) is 13.2 Å². The predicted molar refractivity (Wildman–Crippen MR) is 126 cm³/mol. The van der Waals surface area contributed by atoms with E-state index in [0.29, 0.717) is 5.69 Å². The number of nitrogens with zero attached hydrogens (tertiary/aromatic N) is 1. The largest absolute Gasteiger partial charge is 0.491 e. The third-order valence-electron chi connectivity index (χ3n) is 4.90. The van der Waals surface area contributed by atoms with Crippen molar-refractivity contribution >= 4 is 21.6 Å². The number of nitrogens with one attached hydrogen (secondary N) is 1. The Morgan fingerprint density at radius 3 is 2.23 bits per heavy atom. The first kappa shape index (κ1) is 24.7. The standard InChI is InChI=1S/C24H34N2O4S/c1-17-14-18(2)16-20(15-17)26(31(7,28)29)19(3)23(27)25-12-13-30-22-11-9-8-10-21(22)24(4,5)6/h8-11,14-16,19H,12-13H2,1-7H3,(H,25,27). The van der Waals surface area contributed by atoms with Crippen molar-refractivity contribution < 1.29 is 17.9 Å². The molecular weight excluding hydrogens is 412 g/mol. The highest BCUT2D eigenvalue weighted by Crippen LogP contribution is 2.30. The average Bonchev–Trinajstić information content (AvgIpc) is 2.62. The van der Waals surface area contributed by atoms with Gasteiger partial charge in [0.25, 0.3) is 0 Å². The summed E-state index contributed by atoms with van der Waals surface area (Å²) in [4.78, 5) is 12.7. The summed E-state index contributed by atoms with van der Waals surface area (Å²) in [5.41, 5.74) is 3.38. The van der Waals surface area contributed by atoms with Gasteiger partial charge in [-0.3, -0.25) is 9.10 Å². The molecule has 2 aromatic rings. The second-order valence-electron chi connectivity index (χ2n) is 8.97. The Kier molecular flexibility index (Phi) is 7.76. The van der Waals surface area contributed by atoms with Crippen molar-refractivity contribution in [2.24, 2.45) is 0 Å². The number of para-hydroxylation sites is 1. The number of carbonyl (C=O) groups excluding carboxylic acids is 1. The Balaban J connectivity index is 2.06. The molecular formula is C24H34N2O4S. The normalized spacial score (nSPS) is 12.9. The number of rotatable bonds is 8. The first-order valence-electron chi connectivity index (χ1n) is 10.4. The van der Waals surface area contributed by atoms with E-state index in [4.69, 9.17) is 4.74 Å². The van der Waals surface area contributed by atoms with Crippen LogP contribution in [0.4, 0.5) is 5.69 Å². The van der Waals surface area contributed by atoms with E-state index in [0.717, 1.165) is 33.0 Å². The highest BCUT2D eigenvalue weighted by atomic mass is 32.2. The molecule has 0 aliphatic carbocycles. The van der Waals surface area contributed by atoms with Crippen LogP contribution in [-0.4, -0.2) is 39.8 Å². The number of anilines is 1. The van der Waals surface area contributed by atoms with Crippen LogP contribution in [0, 0.1) is 13.8 Å². The zero-order valence-corrected chi connectivity index (χ0v) is 20.3. The molecule has 0 aliphatic heterocycles. The molecule has 170 valence electrons. The highest BCUT2D eigenvalue weighted by Gasteiger charge is 2.29. The van der Waals surface area contributed by atoms with E-state index < -0.39 is 16.1 Å². The Bertz CT molecular complexity index is 1010. The van der Waals surface area contributed by atoms with Crippen LogP contribution in [0.15, 0.2) is 42.5 Å². The van der Waals surface area contributed by atoms with E-state index in [-0.39, 0.29) is 24.5 Å². The molecule has 2 rings (SSSR count). The third-order valence-corrected chi connectivity index (χ3v) is 6.15. The lowest BCUT2D eigenvalue weighted by Gasteiger charge is -2.29. The minimum Gasteiger partial charge on any atom is -0.491 e. The third kappa shape index (κ3) is 6.72. The van der Waals surface area contributed by atoms with Gasteiger partial charge < -0.3 is 10.1 Å². The van der Waals surface area contributed by atoms with E-state index in [1.54, 1.807) is 19.1 Å². The molecule has 0 fully saturated rings. The number of benzene rings is 2. The van der Waals surface area contributed by atoms with Gasteiger partial charge in [0.2, 0.25) is 15.9 Å². The molecule has 1 atom stereocenters. The van der Waals surface area contributed by atoms with Crippen molar-refractivity contribution in [1.29, 1.82) is 0 Å². The number of hydrogen-bond donors (Lipinski definition) is 1. The Morgan fingerprint density at radius 2 is 1.68 bits per heavy atom. The molecule has 0 heterocycles. The number of amides is 1. The SMILES string of the molecule is Cc1cc(C)cc(N(C(C)C(=O)NCCOc2ccccc2C(C)(C)C)S(C)(=O)=O)c1. The number of sulfonamides is 1. The van der Waals surface area contributed by atoms with Crippen molar-refractivity contribution in [1.82, 2.24) is 5.32 Å². The Hall–Kier alpha value is -2.54. The van der Waals surface area contributed by atoms with Crippen molar-refractivity contribution in [3.63, 3.8) is 0 Å². The van der Waals surface area contributed by atoms with Gasteiger partial charge in [-0.15, -0.1) is 0 Å². The molecule has 6 nitrogen and oxygen atoms in total. The maximum absolute atomic E-state index is 12.7. The number of carbonyl (C=O) groups is 1. The Morgan fingerprint density at radius 1 is 1.10 bits per heavy atom. The second-order valence-corrected chi connectivity index (χ2v) is 10.8. The van der Waals surface area contributed by atoms with E-state index in [2.05, 4.69) is 26.1 Å². The van der Waals surface area contributed by atoms with Crippen molar-refractivity contribution in [3.05, 3.63) is 59.2 Å². The van der Waals surface area contributed by atoms with Crippen LogP contribution >= 0.6 is 0 Å². The molecule has 0 aromatic heterocycles. The molecule has 0 aliphatic rings. The maximum Gasteiger partial charge on any atom is 0.243 e. The van der Waals surface area contributed by atoms with Gasteiger partial charge in [-0.2, -0.15) is 0 Å². The summed E-state index contributed by atoms with van der Waals surface area (Å²) in [5, 5.41) is 2.79. The molecule has 1 N–H and O–H groups in total. The van der Waals surface area contributed by atoms with Crippen LogP contribution in [-0.2, 0) is 20.2 Å². The smallest absolute Gasteiger partial charge is 0.243 e. The fourth-order valence-electron chi connectivity index (χ4n) is 3.58. The summed E-state index contributed by atoms with van der Waals surface area (Å²) in [6.07, 6.45) is 1.11. The van der Waals surface area contributed by atoms with Crippen LogP contribution in [0.5, 0.6) is 5.75 Å². The molecule has 0 spiro atoms. The number of ether oxygens (including phenoxy) is 1. The van der Waals surface area contributed by atoms with Crippen molar-refractivity contribution in [2.45, 2.75) is 53.0 Å². The highest BCUT2D eigenvalue weighted by molar-refractivity contribution is 7.92. The molecule has 7 heteroatoms. The summed E-state index contributed by atoms with van der Waals surface area (Å²) in [6.45, 7) is 12.3. The van der Waals surface area contributed by atoms with Crippen LogP contribution < -0.4 is 14.4 Å². The van der Waals surface area contributed by atoms with Gasteiger partial charge in [-0.05, 0) is 61.1 Å². The molecule has 0 saturated carbocycles. The molecule has 0 bridgehead atoms. The molecule has 2 aromatic carbocycles. The van der Waals surface area contributed by atoms with Gasteiger partial charge in [0.05, 0.1) is 18.5 Å². The monoisotopic (exact) mass is 446 g/mol. The van der Waals surface area contributed by atoms with Crippen LogP contribution in [0.2, 0.25) is 0 Å². The second kappa shape index (κ2) is 9.73. The quantitative estimate of drug-likeness (QED) is 0.623. The summed E-state index contributed by atoms with van der Waals surface area (Å²) in [6, 6.07) is 12.4. The number of hydrogen-bond acceptors (Lipinski definition) is 4. The van der Waals surface area contributed by atoms with Gasteiger partial charge in [0, 0.05) is 0 Å². The maximum atomic E-state index is 12.7. The molecule has 0 saturated heterocycles. The lowest BCUT2D eigenvalue weighted by Crippen LogP contribution is -2.48. The van der Waals surface area contributed by atoms with E-state index in [1.165, 1.54) is 0 Å². The van der Waals surface area contributed by atoms with Crippen LogP contribution in [0.1, 0.15) is 44.4 Å². The van der Waals surface area contributed by atoms with Gasteiger partial charge in [-0.25, -0.2) is 8.42 Å². The van der Waals surface area contributed by atoms with Crippen LogP contribution in [0.25, 0.3) is 0 Å². The van der Waals surface area contributed by atoms with Crippen LogP contribution in [0.3, 0.4) is 0 Å². The van der Waals surface area contributed by atoms with Gasteiger partial charge in [0.1, 0.15) is 18.4 Å². The summed E-state index contributed by atoms with van der Waals surface area (Å²) in [7, 11) is -3.65. The minimum atomic E-state index is -3.65. The van der Waals surface area contributed by atoms with Crippen molar-refractivity contribution in [3.8, 4) is 5.75 Å². The lowest BCUT2D eigenvalue weighted by molar-refractivity contribution is -0.121. The predicted octanol–water partition coefficient (Wildman–Crippen LogP) is 3.95. The van der Waals surface area contributed by atoms with Gasteiger partial charge in [-0.1, -0.05) is 45.0 Å². The minimum absolute atomic E-state index is 0.0592. The Labute approximate surface area is 186 Å². The molecule has 31 heavy (non-hydrogen) atoms. The molecule has 1 amide bonds.